The number of aryl methyl sites for hydroxylation is 2. The van der Waals surface area contributed by atoms with Crippen LogP contribution in [0.15, 0.2) is 18.2 Å². The number of nitrogens with one attached hydrogen (secondary N) is 1. The summed E-state index contributed by atoms with van der Waals surface area (Å²) in [5, 5.41) is 7.74. The molecule has 0 fully saturated rings. The summed E-state index contributed by atoms with van der Waals surface area (Å²) >= 11 is 0. The van der Waals surface area contributed by atoms with Crippen molar-refractivity contribution >= 4 is 0 Å². The first-order valence-electron chi connectivity index (χ1n) is 6.40. The van der Waals surface area contributed by atoms with E-state index in [1.54, 1.807) is 7.11 Å². The number of hydrogen-bond acceptors (Lipinski definition) is 3. The van der Waals surface area contributed by atoms with Gasteiger partial charge in [0.15, 0.2) is 0 Å². The molecule has 0 aliphatic carbocycles. The molecule has 1 N–H and O–H groups in total. The van der Waals surface area contributed by atoms with Crippen LogP contribution in [0, 0.1) is 13.8 Å². The van der Waals surface area contributed by atoms with Gasteiger partial charge in [-0.05, 0) is 44.2 Å². The van der Waals surface area contributed by atoms with E-state index in [1.807, 2.05) is 24.8 Å². The maximum absolute atomic E-state index is 5.32. The Balaban J connectivity index is 2.54. The fourth-order valence-corrected chi connectivity index (χ4v) is 2.38. The van der Waals surface area contributed by atoms with Gasteiger partial charge in [0.05, 0.1) is 12.8 Å². The second-order valence-electron chi connectivity index (χ2n) is 4.75. The van der Waals surface area contributed by atoms with Gasteiger partial charge >= 0.3 is 0 Å². The Kier molecular flexibility index (Phi) is 3.90. The third-order valence-corrected chi connectivity index (χ3v) is 3.43. The van der Waals surface area contributed by atoms with Gasteiger partial charge in [0.1, 0.15) is 5.75 Å². The first kappa shape index (κ1) is 13.6. The highest BCUT2D eigenvalue weighted by Crippen LogP contribution is 2.30. The average Bonchev–Trinajstić information content (AvgIpc) is 2.65. The van der Waals surface area contributed by atoms with Crippen molar-refractivity contribution in [3.05, 3.63) is 35.2 Å². The summed E-state index contributed by atoms with van der Waals surface area (Å²) in [4.78, 5) is 0. The van der Waals surface area contributed by atoms with E-state index in [0.717, 1.165) is 23.6 Å². The van der Waals surface area contributed by atoms with Crippen LogP contribution in [0.5, 0.6) is 5.75 Å². The number of nitrogens with zero attached hydrogens (tertiary/aromatic N) is 2. The van der Waals surface area contributed by atoms with E-state index >= 15 is 0 Å². The quantitative estimate of drug-likeness (QED) is 0.916. The second kappa shape index (κ2) is 5.45. The molecule has 0 aliphatic heterocycles. The molecular formula is C15H21N3O. The topological polar surface area (TPSA) is 39.1 Å². The van der Waals surface area contributed by atoms with E-state index < -0.39 is 0 Å². The van der Waals surface area contributed by atoms with Crippen LogP contribution in [0.4, 0.5) is 0 Å². The Morgan fingerprint density at radius 2 is 2.05 bits per heavy atom. The van der Waals surface area contributed by atoms with Crippen LogP contribution in [-0.4, -0.2) is 23.9 Å². The molecular weight excluding hydrogens is 238 g/mol. The first-order chi connectivity index (χ1) is 9.08. The van der Waals surface area contributed by atoms with Crippen molar-refractivity contribution in [1.29, 1.82) is 0 Å². The Bertz CT molecular complexity index is 587. The molecule has 0 saturated heterocycles. The molecule has 1 aromatic carbocycles. The second-order valence-corrected chi connectivity index (χ2v) is 4.75. The van der Waals surface area contributed by atoms with E-state index in [1.165, 1.54) is 16.8 Å². The predicted octanol–water partition coefficient (Wildman–Crippen LogP) is 2.43. The highest BCUT2D eigenvalue weighted by Gasteiger charge is 2.15. The van der Waals surface area contributed by atoms with Gasteiger partial charge in [-0.2, -0.15) is 5.10 Å². The summed E-state index contributed by atoms with van der Waals surface area (Å²) < 4.78 is 7.25. The molecule has 0 unspecified atom stereocenters. The largest absolute Gasteiger partial charge is 0.496 e. The van der Waals surface area contributed by atoms with Crippen LogP contribution < -0.4 is 10.1 Å². The van der Waals surface area contributed by atoms with Crippen LogP contribution in [0.25, 0.3) is 11.1 Å². The lowest BCUT2D eigenvalue weighted by atomic mass is 10.0. The lowest BCUT2D eigenvalue weighted by Crippen LogP contribution is -2.07. The molecule has 0 saturated carbocycles. The number of ether oxygens (including phenoxy) is 1. The van der Waals surface area contributed by atoms with E-state index in [4.69, 9.17) is 4.74 Å². The molecule has 1 aromatic heterocycles. The van der Waals surface area contributed by atoms with Gasteiger partial charge in [-0.25, -0.2) is 0 Å². The van der Waals surface area contributed by atoms with Crippen molar-refractivity contribution in [3.8, 4) is 16.9 Å². The van der Waals surface area contributed by atoms with Crippen molar-refractivity contribution < 1.29 is 4.74 Å². The summed E-state index contributed by atoms with van der Waals surface area (Å²) in [6, 6.07) is 6.26. The van der Waals surface area contributed by atoms with Gasteiger partial charge < -0.3 is 10.1 Å². The predicted molar refractivity (Wildman–Crippen MR) is 77.4 cm³/mol. The zero-order valence-electron chi connectivity index (χ0n) is 12.2. The molecule has 2 rings (SSSR count). The van der Waals surface area contributed by atoms with Crippen molar-refractivity contribution in [2.45, 2.75) is 20.4 Å². The Morgan fingerprint density at radius 1 is 1.32 bits per heavy atom. The highest BCUT2D eigenvalue weighted by molar-refractivity contribution is 5.70. The minimum Gasteiger partial charge on any atom is -0.496 e. The van der Waals surface area contributed by atoms with Crippen LogP contribution in [0.3, 0.4) is 0 Å². The number of methoxy groups -OCH3 is 1. The Labute approximate surface area is 114 Å². The molecule has 4 nitrogen and oxygen atoms in total. The SMILES string of the molecule is CNCc1nn(C)c(C)c1-c1ccc(OC)c(C)c1. The van der Waals surface area contributed by atoms with Crippen LogP contribution in [0.2, 0.25) is 0 Å². The molecule has 0 amide bonds. The lowest BCUT2D eigenvalue weighted by molar-refractivity contribution is 0.412. The van der Waals surface area contributed by atoms with Crippen molar-refractivity contribution in [3.63, 3.8) is 0 Å². The number of hydrogen-bond donors (Lipinski definition) is 1. The van der Waals surface area contributed by atoms with Gasteiger partial charge in [-0.15, -0.1) is 0 Å². The van der Waals surface area contributed by atoms with Gasteiger partial charge in [0.25, 0.3) is 0 Å². The number of benzene rings is 1. The van der Waals surface area contributed by atoms with Crippen molar-refractivity contribution in [1.82, 2.24) is 15.1 Å². The molecule has 0 spiro atoms. The molecule has 0 aliphatic rings. The van der Waals surface area contributed by atoms with E-state index in [2.05, 4.69) is 36.4 Å². The summed E-state index contributed by atoms with van der Waals surface area (Å²) in [5.74, 6) is 0.917. The van der Waals surface area contributed by atoms with Crippen LogP contribution in [-0.2, 0) is 13.6 Å². The van der Waals surface area contributed by atoms with Crippen LogP contribution >= 0.6 is 0 Å². The Morgan fingerprint density at radius 3 is 2.63 bits per heavy atom. The Hall–Kier alpha value is -1.81. The van der Waals surface area contributed by atoms with Crippen molar-refractivity contribution in [2.24, 2.45) is 7.05 Å². The molecule has 0 radical (unpaired) electrons. The van der Waals surface area contributed by atoms with Crippen molar-refractivity contribution in [2.75, 3.05) is 14.2 Å². The molecule has 1 heterocycles. The number of aromatic nitrogens is 2. The normalized spacial score (nSPS) is 10.8. The van der Waals surface area contributed by atoms with E-state index in [0.29, 0.717) is 0 Å². The van der Waals surface area contributed by atoms with Gasteiger partial charge in [0, 0.05) is 24.8 Å². The minimum atomic E-state index is 0.766. The maximum Gasteiger partial charge on any atom is 0.121 e. The van der Waals surface area contributed by atoms with Gasteiger partial charge in [-0.3, -0.25) is 4.68 Å². The number of rotatable bonds is 4. The monoisotopic (exact) mass is 259 g/mol. The molecule has 19 heavy (non-hydrogen) atoms. The lowest BCUT2D eigenvalue weighted by Gasteiger charge is -2.09. The fourth-order valence-electron chi connectivity index (χ4n) is 2.38. The summed E-state index contributed by atoms with van der Waals surface area (Å²) in [5.41, 5.74) is 5.79. The zero-order valence-corrected chi connectivity index (χ0v) is 12.2. The fraction of sp³-hybridized carbons (Fsp3) is 0.400. The zero-order chi connectivity index (χ0) is 14.0. The molecule has 102 valence electrons. The molecule has 0 bridgehead atoms. The minimum absolute atomic E-state index is 0.766. The van der Waals surface area contributed by atoms with E-state index in [-0.39, 0.29) is 0 Å². The first-order valence-corrected chi connectivity index (χ1v) is 6.40. The third-order valence-electron chi connectivity index (χ3n) is 3.43. The van der Waals surface area contributed by atoms with E-state index in [9.17, 15) is 0 Å². The molecule has 0 atom stereocenters. The summed E-state index contributed by atoms with van der Waals surface area (Å²) in [6.45, 7) is 4.93. The molecule has 2 aromatic rings. The van der Waals surface area contributed by atoms with Crippen LogP contribution in [0.1, 0.15) is 17.0 Å². The average molecular weight is 259 g/mol. The standard InChI is InChI=1S/C15H21N3O/c1-10-8-12(6-7-14(10)19-5)15-11(2)18(4)17-13(15)9-16-3/h6-8,16H,9H2,1-5H3. The van der Waals surface area contributed by atoms with Gasteiger partial charge in [0.2, 0.25) is 0 Å². The summed E-state index contributed by atoms with van der Waals surface area (Å²) in [7, 11) is 5.62. The smallest absolute Gasteiger partial charge is 0.121 e. The third kappa shape index (κ3) is 2.49. The van der Waals surface area contributed by atoms with Gasteiger partial charge in [-0.1, -0.05) is 6.07 Å². The summed E-state index contributed by atoms with van der Waals surface area (Å²) in [6.07, 6.45) is 0. The molecule has 4 heteroatoms. The maximum atomic E-state index is 5.32. The highest BCUT2D eigenvalue weighted by atomic mass is 16.5.